The van der Waals surface area contributed by atoms with E-state index in [-0.39, 0.29) is 33.8 Å². The zero-order chi connectivity index (χ0) is 67.8. The highest BCUT2D eigenvalue weighted by Crippen LogP contribution is 2.61. The first-order valence-electron chi connectivity index (χ1n) is 29.8. The van der Waals surface area contributed by atoms with Crippen LogP contribution in [0.1, 0.15) is 92.9 Å². The number of likely N-dealkylation sites (N-methyl/N-ethyl adjacent to an activating group) is 1. The van der Waals surface area contributed by atoms with E-state index in [1.165, 1.54) is 26.4 Å². The molecule has 3 unspecified atom stereocenters. The normalized spacial score (nSPS) is 18.0. The summed E-state index contributed by atoms with van der Waals surface area (Å²) in [5.74, 6) is 1.13. The molecule has 0 saturated carbocycles. The molecule has 0 aliphatic heterocycles. The van der Waals surface area contributed by atoms with Crippen LogP contribution in [0.3, 0.4) is 0 Å². The molecule has 490 valence electrons. The van der Waals surface area contributed by atoms with Crippen LogP contribution in [0.25, 0.3) is 0 Å². The Balaban J connectivity index is 0.000000423. The smallest absolute Gasteiger partial charge is 0.296 e. The van der Waals surface area contributed by atoms with Gasteiger partial charge in [-0.15, -0.1) is 37.6 Å². The van der Waals surface area contributed by atoms with Gasteiger partial charge in [-0.2, -0.15) is 51.7 Å². The summed E-state index contributed by atoms with van der Waals surface area (Å²) in [5, 5.41) is 42.2. The van der Waals surface area contributed by atoms with Crippen LogP contribution in [-0.2, 0) is 21.3 Å². The van der Waals surface area contributed by atoms with Crippen molar-refractivity contribution in [2.45, 2.75) is 93.6 Å². The van der Waals surface area contributed by atoms with Crippen molar-refractivity contribution in [3.63, 3.8) is 0 Å². The van der Waals surface area contributed by atoms with Gasteiger partial charge in [0, 0.05) is 73.0 Å². The summed E-state index contributed by atoms with van der Waals surface area (Å²) >= 11 is 8.56. The Labute approximate surface area is 555 Å². The molecular formula is C66H77N13O10S4. The van der Waals surface area contributed by atoms with E-state index in [4.69, 9.17) is 14.2 Å². The van der Waals surface area contributed by atoms with Crippen LogP contribution >= 0.6 is 35.8 Å². The second-order valence-corrected chi connectivity index (χ2v) is 25.1. The quantitative estimate of drug-likeness (QED) is 0.00979. The molecule has 3 N–H and O–H groups in total. The van der Waals surface area contributed by atoms with Crippen LogP contribution in [0.15, 0.2) is 231 Å². The molecule has 4 aromatic rings. The maximum Gasteiger partial charge on any atom is 0.296 e. The molecule has 4 aromatic carbocycles. The van der Waals surface area contributed by atoms with Gasteiger partial charge in [0.1, 0.15) is 34.1 Å². The number of hydrogen-bond donors (Lipinski definition) is 5. The topological polar surface area (TPSA) is 310 Å². The molecule has 0 amide bonds. The van der Waals surface area contributed by atoms with E-state index in [0.717, 1.165) is 70.5 Å². The highest BCUT2D eigenvalue weighted by Gasteiger charge is 2.39. The average molecular weight is 1340 g/mol. The van der Waals surface area contributed by atoms with E-state index in [2.05, 4.69) is 103 Å². The molecule has 0 fully saturated rings. The van der Waals surface area contributed by atoms with Gasteiger partial charge in [0.15, 0.2) is 10.6 Å². The number of rotatable bonds is 26. The zero-order valence-corrected chi connectivity index (χ0v) is 57.1. The van der Waals surface area contributed by atoms with Crippen molar-refractivity contribution in [3.8, 4) is 11.5 Å². The van der Waals surface area contributed by atoms with Crippen LogP contribution in [0, 0.1) is 47.3 Å². The monoisotopic (exact) mass is 1340 g/mol. The maximum atomic E-state index is 12.9. The largest absolute Gasteiger partial charge is 0.494 e. The number of aryl methyl sites for hydroxylation is 4. The number of nitrogens with one attached hydrogen (secondary N) is 2. The molecule has 0 aromatic heterocycles. The second-order valence-electron chi connectivity index (χ2n) is 20.8. The number of nitroso groups, excluding NO2 is 3. The van der Waals surface area contributed by atoms with Crippen molar-refractivity contribution in [3.05, 3.63) is 219 Å². The molecule has 0 radical (unpaired) electrons. The van der Waals surface area contributed by atoms with Gasteiger partial charge in [-0.25, -0.2) is 0 Å². The number of azo groups is 4. The van der Waals surface area contributed by atoms with Gasteiger partial charge >= 0.3 is 0 Å². The third kappa shape index (κ3) is 19.4. The standard InChI is InChI=1S/C50H53N9O6S.C14H18N4O4S3.C2H6/c1-9-36-26-47(59-53-41(10-2)50(66(61,62)63)27-37-25-40(19-16-31(37)3)51-38-14-12-11-13-15-38)49(65-8)29-45(36)57-58-46-24-34(6)44(28-48(46)64-7)56-55-43-23-32(4)42(22-33(43)5)54-52-39-20-17-35(30-60)18-21-39;1-15-12-8-11-9(6-14(12)24)5-10(25(16-19,17-20)18-21)7-13(11)22-3-2-4-23;1-2/h12,14-31,51H,9-11,13H2,1-8H3,(H,61,62,63);5-8,11,13,15,23-24H,2-4H2,1H3;1-2H3/b37-27-,50-41-,54-52?,56-55?,58-57?,59-53?;;. The number of carbonyl (C=O) groups excluding carboxylic acids is 1. The molecule has 93 heavy (non-hydrogen) atoms. The van der Waals surface area contributed by atoms with Crippen molar-refractivity contribution in [1.82, 2.24) is 10.6 Å². The van der Waals surface area contributed by atoms with Gasteiger partial charge in [-0.3, -0.25) is 9.35 Å². The Hall–Kier alpha value is -8.73. The molecule has 8 rings (SSSR count). The minimum Gasteiger partial charge on any atom is -0.494 e. The number of ether oxygens (including phenoxy) is 3. The Morgan fingerprint density at radius 2 is 1.33 bits per heavy atom. The molecule has 4 aliphatic rings. The fraction of sp³-hybridized carbons (Fsp3) is 0.318. The number of hydrogen-bond acceptors (Lipinski definition) is 24. The summed E-state index contributed by atoms with van der Waals surface area (Å²) in [5.41, 5.74) is 11.8. The van der Waals surface area contributed by atoms with E-state index >= 15 is 0 Å². The molecule has 0 saturated heterocycles. The van der Waals surface area contributed by atoms with Crippen LogP contribution in [0.5, 0.6) is 11.5 Å². The Morgan fingerprint density at radius 1 is 0.742 bits per heavy atom. The van der Waals surface area contributed by atoms with Gasteiger partial charge in [-0.05, 0) is 195 Å². The minimum absolute atomic E-state index is 0.0731. The van der Waals surface area contributed by atoms with E-state index in [1.54, 1.807) is 68.6 Å². The Bertz CT molecular complexity index is 3990. The first-order chi connectivity index (χ1) is 44.8. The molecule has 0 spiro atoms. The summed E-state index contributed by atoms with van der Waals surface area (Å²) in [4.78, 5) is 44.7. The third-order valence-corrected chi connectivity index (χ3v) is 17.7. The van der Waals surface area contributed by atoms with Crippen LogP contribution in [-0.4, -0.2) is 59.0 Å². The van der Waals surface area contributed by atoms with Gasteiger partial charge in [0.2, 0.25) is 0 Å². The summed E-state index contributed by atoms with van der Waals surface area (Å²) in [7, 11) is -3.45. The molecule has 0 bridgehead atoms. The second kappa shape index (κ2) is 35.3. The van der Waals surface area contributed by atoms with Crippen LogP contribution in [0.2, 0.25) is 0 Å². The average Bonchev–Trinajstić information content (AvgIpc) is 0.783. The summed E-state index contributed by atoms with van der Waals surface area (Å²) < 4.78 is 61.3. The third-order valence-electron chi connectivity index (χ3n) is 14.6. The number of thiol groups is 2. The van der Waals surface area contributed by atoms with Gasteiger partial charge in [0.25, 0.3) is 10.1 Å². The molecular weight excluding hydrogens is 1260 g/mol. The molecule has 0 heterocycles. The van der Waals surface area contributed by atoms with Crippen molar-refractivity contribution in [2.24, 2.45) is 66.5 Å². The number of carbonyl (C=O) groups is 1. The predicted octanol–water partition coefficient (Wildman–Crippen LogP) is 19.6. The lowest BCUT2D eigenvalue weighted by atomic mass is 9.85. The number of aldehydes is 1. The van der Waals surface area contributed by atoms with E-state index in [1.807, 2.05) is 97.0 Å². The molecule has 4 aliphatic carbocycles. The number of methoxy groups -OCH3 is 2. The number of nitrogens with zero attached hydrogens (tertiary/aromatic N) is 11. The Kier molecular flexibility index (Phi) is 27.9. The first kappa shape index (κ1) is 73.3. The highest BCUT2D eigenvalue weighted by atomic mass is 32.3. The van der Waals surface area contributed by atoms with Gasteiger partial charge in [0.05, 0.1) is 59.4 Å². The zero-order valence-electron chi connectivity index (χ0n) is 53.6. The van der Waals surface area contributed by atoms with Crippen molar-refractivity contribution in [2.75, 3.05) is 33.6 Å². The Morgan fingerprint density at radius 3 is 1.89 bits per heavy atom. The predicted molar refractivity (Wildman–Crippen MR) is 376 cm³/mol. The van der Waals surface area contributed by atoms with Crippen molar-refractivity contribution < 1.29 is 32.0 Å². The fourth-order valence-corrected chi connectivity index (χ4v) is 11.7. The van der Waals surface area contributed by atoms with Crippen LogP contribution in [0.4, 0.5) is 39.8 Å². The minimum atomic E-state index is -4.70. The van der Waals surface area contributed by atoms with E-state index in [0.29, 0.717) is 86.1 Å². The van der Waals surface area contributed by atoms with Crippen molar-refractivity contribution in [1.29, 1.82) is 0 Å². The fourth-order valence-electron chi connectivity index (χ4n) is 9.47. The number of allylic oxidation sites excluding steroid dienone is 11. The van der Waals surface area contributed by atoms with Gasteiger partial charge < -0.3 is 24.8 Å². The van der Waals surface area contributed by atoms with E-state index in [9.17, 15) is 32.5 Å². The highest BCUT2D eigenvalue weighted by molar-refractivity contribution is 8.33. The number of fused-ring (bicyclic) bond motifs is 1. The van der Waals surface area contributed by atoms with Crippen molar-refractivity contribution >= 4 is 92.1 Å². The van der Waals surface area contributed by atoms with Gasteiger partial charge in [-0.1, -0.05) is 52.8 Å². The van der Waals surface area contributed by atoms with E-state index < -0.39 is 26.8 Å². The lowest BCUT2D eigenvalue weighted by Gasteiger charge is -2.33. The summed E-state index contributed by atoms with van der Waals surface area (Å²) in [6, 6.07) is 17.7. The SMILES string of the molecule is CC.CC/C(N=Nc1cc(CC)c(N=Nc2cc(C)c(N=Nc3cc(C)c(N=Nc4ccc(C=O)cc4)cc3C)cc2OC)cc1OC)=C(\C=C1\C=C(NC2=CCCC=C2)C=CC1C)S(=O)(=O)O.CNC1=CC2C(=CC(S(N=O)(N=O)N=O)=CC2OCCCS)C=C1S. The first-order valence-corrected chi connectivity index (χ1v) is 33.8. The maximum absolute atomic E-state index is 12.9. The molecule has 3 atom stereocenters. The molecule has 27 heteroatoms. The summed E-state index contributed by atoms with van der Waals surface area (Å²) in [6.07, 6.45) is 23.9. The van der Waals surface area contributed by atoms with Crippen LogP contribution < -0.4 is 20.1 Å². The number of benzene rings is 4. The molecule has 23 nitrogen and oxygen atoms in total. The summed E-state index contributed by atoms with van der Waals surface area (Å²) in [6.45, 7) is 15.8. The lowest BCUT2D eigenvalue weighted by molar-refractivity contribution is 0.0669. The lowest BCUT2D eigenvalue weighted by Crippen LogP contribution is -2.29.